The molecule has 8 rings (SSSR count). The minimum atomic E-state index is -3.12. The highest BCUT2D eigenvalue weighted by atomic mass is 16.7. The number of carbonyl (C=O) groups excluding carboxylic acids is 9. The molecule has 4 aromatic rings. The molecule has 2 aromatic carbocycles. The van der Waals surface area contributed by atoms with Crippen LogP contribution < -0.4 is 14.2 Å². The molecule has 0 radical (unpaired) electrons. The highest BCUT2D eigenvalue weighted by Gasteiger charge is 2.92. The summed E-state index contributed by atoms with van der Waals surface area (Å²) in [6.07, 6.45) is -10.3. The van der Waals surface area contributed by atoms with Crippen LogP contribution in [0.2, 0.25) is 0 Å². The van der Waals surface area contributed by atoms with Crippen molar-refractivity contribution in [2.75, 3.05) is 34.5 Å². The van der Waals surface area contributed by atoms with Crippen LogP contribution in [0.15, 0.2) is 85.3 Å². The molecule has 0 unspecified atom stereocenters. The molecule has 4 bridgehead atoms. The fourth-order valence-electron chi connectivity index (χ4n) is 12.0. The van der Waals surface area contributed by atoms with Gasteiger partial charge in [0.05, 0.1) is 61.1 Å². The summed E-state index contributed by atoms with van der Waals surface area (Å²) in [5.41, 5.74) is -14.9. The van der Waals surface area contributed by atoms with E-state index < -0.39 is 149 Å². The summed E-state index contributed by atoms with van der Waals surface area (Å²) in [5.74, 6) is -15.0. The Balaban J connectivity index is 1.57. The van der Waals surface area contributed by atoms with Gasteiger partial charge in [0.2, 0.25) is 11.4 Å². The zero-order chi connectivity index (χ0) is 61.4. The summed E-state index contributed by atoms with van der Waals surface area (Å²) >= 11 is 0. The van der Waals surface area contributed by atoms with Gasteiger partial charge in [-0.25, -0.2) is 24.0 Å². The molecule has 4 heterocycles. The second-order valence-electron chi connectivity index (χ2n) is 21.6. The maximum absolute atomic E-state index is 15.5. The van der Waals surface area contributed by atoms with Crippen molar-refractivity contribution in [3.05, 3.63) is 113 Å². The van der Waals surface area contributed by atoms with E-state index >= 15 is 19.2 Å². The highest BCUT2D eigenvalue weighted by Crippen LogP contribution is 2.70. The largest absolute Gasteiger partial charge is 0.493 e. The third-order valence-electron chi connectivity index (χ3n) is 15.9. The van der Waals surface area contributed by atoms with Gasteiger partial charge in [-0.15, -0.1) is 0 Å². The van der Waals surface area contributed by atoms with Crippen molar-refractivity contribution in [3.63, 3.8) is 0 Å². The number of esters is 9. The molecule has 2 aliphatic heterocycles. The highest BCUT2D eigenvalue weighted by molar-refractivity contribution is 5.93. The van der Waals surface area contributed by atoms with E-state index in [1.54, 1.807) is 13.0 Å². The summed E-state index contributed by atoms with van der Waals surface area (Å²) in [7, 11) is 3.84. The van der Waals surface area contributed by atoms with Gasteiger partial charge >= 0.3 is 53.7 Å². The maximum Gasteiger partial charge on any atom is 0.350 e. The van der Waals surface area contributed by atoms with Gasteiger partial charge in [-0.2, -0.15) is 0 Å². The number of aliphatic hydroxyl groups is 1. The van der Waals surface area contributed by atoms with E-state index in [4.69, 9.17) is 61.6 Å². The van der Waals surface area contributed by atoms with Gasteiger partial charge in [-0.1, -0.05) is 32.0 Å². The number of cyclic esters (lactones) is 1. The van der Waals surface area contributed by atoms with E-state index in [1.807, 2.05) is 0 Å². The molecule has 25 heteroatoms. The van der Waals surface area contributed by atoms with Crippen LogP contribution in [0.1, 0.15) is 115 Å². The number of benzene rings is 2. The smallest absolute Gasteiger partial charge is 0.350 e. The zero-order valence-electron chi connectivity index (χ0n) is 48.0. The van der Waals surface area contributed by atoms with E-state index in [2.05, 4.69) is 9.97 Å². The van der Waals surface area contributed by atoms with Crippen molar-refractivity contribution in [1.82, 2.24) is 9.97 Å². The van der Waals surface area contributed by atoms with Crippen molar-refractivity contribution >= 4 is 53.7 Å². The van der Waals surface area contributed by atoms with Crippen LogP contribution in [0.3, 0.4) is 0 Å². The molecule has 0 amide bonds. The Morgan fingerprint density at radius 1 is 0.690 bits per heavy atom. The quantitative estimate of drug-likeness (QED) is 0.125. The van der Waals surface area contributed by atoms with Crippen molar-refractivity contribution in [2.45, 2.75) is 127 Å². The molecule has 1 N–H and O–H groups in total. The second-order valence-corrected chi connectivity index (χ2v) is 21.6. The molecule has 84 heavy (non-hydrogen) atoms. The third kappa shape index (κ3) is 10.7. The molecule has 1 saturated heterocycles. The molecule has 448 valence electrons. The van der Waals surface area contributed by atoms with Gasteiger partial charge in [0.25, 0.3) is 0 Å². The van der Waals surface area contributed by atoms with E-state index in [0.717, 1.165) is 47.7 Å². The van der Waals surface area contributed by atoms with Gasteiger partial charge in [-0.3, -0.25) is 29.1 Å². The molecule has 4 aliphatic rings. The molecular formula is C59H64N2O23. The zero-order valence-corrected chi connectivity index (χ0v) is 48.0. The molecular weight excluding hydrogens is 1100 g/mol. The van der Waals surface area contributed by atoms with Crippen LogP contribution in [-0.2, 0) is 71.3 Å². The van der Waals surface area contributed by atoms with Crippen LogP contribution >= 0.6 is 0 Å². The van der Waals surface area contributed by atoms with Crippen LogP contribution in [0.4, 0.5) is 0 Å². The van der Waals surface area contributed by atoms with Gasteiger partial charge in [-0.05, 0) is 76.2 Å². The lowest BCUT2D eigenvalue weighted by Crippen LogP contribution is -2.89. The van der Waals surface area contributed by atoms with Crippen molar-refractivity contribution in [1.29, 1.82) is 0 Å². The standard InChI is InChI=1S/C59H64N2O23/c1-29-30(2)49(65)80-46-44(77-31(3)62)48(81-51(67)34-18-14-13-15-19-34)58(28-76-50(66)35-20-16-22-60-26-35)47(82-54(70)55(6,7)83-33(5)64)43(79-52(68)36-24-38(72-10)42(74-12)39(25-36)73-11)40-45(78-32(4)63)59(58,57(46,9)71)84-56(40,8)27-75-53(69)37-21-17-23-61-41(29)37/h13-26,29-30,40,43-48,71H,27-28H2,1-12H3/t29-,30-,40-,43+,44-,45-,46-,47+,48+,56-,57-,58-,59+/m0/s1. The number of aromatic nitrogens is 2. The number of hydrogen-bond acceptors (Lipinski definition) is 25. The Labute approximate surface area is 481 Å². The number of rotatable bonds is 15. The van der Waals surface area contributed by atoms with Gasteiger partial charge in [0, 0.05) is 45.3 Å². The molecule has 3 fully saturated rings. The first kappa shape index (κ1) is 61.4. The predicted molar refractivity (Wildman–Crippen MR) is 283 cm³/mol. The SMILES string of the molecule is COc1cc(C(=O)O[C@@H]2[C@H]3[C@H](OC(C)=O)[C@]45O[C@@]3(C)COC(=O)c3cccnc3[C@@H](C)[C@H](C)C(=O)O[C@@H]([C@H](OC(C)=O)[C@@H](OC(=O)c3ccccc3)[C@]4(COC(=O)c3cccnc3)[C@@H]2OC(=O)C(C)(C)OC(C)=O)[C@]5(C)O)cc(OC)c1OC. The number of nitrogens with zero attached hydrogens (tertiary/aromatic N) is 2. The number of methoxy groups -OCH3 is 3. The fraction of sp³-hybridized carbons (Fsp3) is 0.475. The summed E-state index contributed by atoms with van der Waals surface area (Å²) in [4.78, 5) is 140. The first-order valence-corrected chi connectivity index (χ1v) is 26.5. The van der Waals surface area contributed by atoms with Crippen molar-refractivity contribution in [3.8, 4) is 17.2 Å². The number of fused-ring (bicyclic) bond motifs is 5. The molecule has 13 atom stereocenters. The summed E-state index contributed by atoms with van der Waals surface area (Å²) in [6, 6.07) is 15.1. The monoisotopic (exact) mass is 1170 g/mol. The van der Waals surface area contributed by atoms with Gasteiger partial charge in [0.15, 0.2) is 41.5 Å². The van der Waals surface area contributed by atoms with Crippen LogP contribution in [-0.4, -0.2) is 162 Å². The Morgan fingerprint density at radius 3 is 1.90 bits per heavy atom. The van der Waals surface area contributed by atoms with E-state index in [-0.39, 0.29) is 45.2 Å². The van der Waals surface area contributed by atoms with E-state index in [1.165, 1.54) is 108 Å². The lowest BCUT2D eigenvalue weighted by molar-refractivity contribution is -0.385. The minimum absolute atomic E-state index is 0.0326. The number of carbonyl (C=O) groups is 9. The number of pyridine rings is 2. The molecule has 2 saturated carbocycles. The minimum Gasteiger partial charge on any atom is -0.493 e. The van der Waals surface area contributed by atoms with Crippen molar-refractivity contribution < 1.29 is 110 Å². The summed E-state index contributed by atoms with van der Waals surface area (Å²) < 4.78 is 80.9. The van der Waals surface area contributed by atoms with Crippen LogP contribution in [0.25, 0.3) is 0 Å². The van der Waals surface area contributed by atoms with Crippen LogP contribution in [0.5, 0.6) is 17.2 Å². The van der Waals surface area contributed by atoms with Crippen molar-refractivity contribution in [2.24, 2.45) is 17.3 Å². The predicted octanol–water partition coefficient (Wildman–Crippen LogP) is 4.66. The molecule has 1 spiro atoms. The summed E-state index contributed by atoms with van der Waals surface area (Å²) in [5, 5.41) is 14.3. The Morgan fingerprint density at radius 2 is 1.31 bits per heavy atom. The lowest BCUT2D eigenvalue weighted by Gasteiger charge is -2.67. The Hall–Kier alpha value is -8.71. The first-order valence-electron chi connectivity index (χ1n) is 26.5. The Bertz CT molecular complexity index is 3220. The fourth-order valence-corrected chi connectivity index (χ4v) is 12.0. The summed E-state index contributed by atoms with van der Waals surface area (Å²) in [6.45, 7) is 8.15. The van der Waals surface area contributed by atoms with Gasteiger partial charge in [0.1, 0.15) is 42.0 Å². The lowest BCUT2D eigenvalue weighted by atomic mass is 9.45. The number of hydrogen-bond donors (Lipinski definition) is 1. The number of ether oxygens (including phenoxy) is 13. The molecule has 2 aliphatic carbocycles. The van der Waals surface area contributed by atoms with E-state index in [0.29, 0.717) is 0 Å². The average Bonchev–Trinajstić information content (AvgIpc) is 1.35. The van der Waals surface area contributed by atoms with E-state index in [9.17, 15) is 29.1 Å². The first-order chi connectivity index (χ1) is 39.6. The molecule has 25 nitrogen and oxygen atoms in total. The third-order valence-corrected chi connectivity index (χ3v) is 15.9. The topological polar surface area (TPSA) is 320 Å². The molecule has 2 aromatic heterocycles. The van der Waals surface area contributed by atoms with Crippen LogP contribution in [0, 0.1) is 17.3 Å². The Kier molecular flexibility index (Phi) is 17.2. The maximum atomic E-state index is 15.5. The average molecular weight is 1170 g/mol. The normalized spacial score (nSPS) is 29.6. The second kappa shape index (κ2) is 23.5. The van der Waals surface area contributed by atoms with Gasteiger partial charge < -0.3 is 66.7 Å².